The summed E-state index contributed by atoms with van der Waals surface area (Å²) in [7, 11) is 1.72. The first-order chi connectivity index (χ1) is 9.76. The molecule has 0 aromatic heterocycles. The summed E-state index contributed by atoms with van der Waals surface area (Å²) in [5.74, 6) is 0.885. The molecule has 0 saturated carbocycles. The molecule has 0 heterocycles. The first-order valence-corrected chi connectivity index (χ1v) is 7.33. The number of rotatable bonds is 8. The number of nitrogens with zero attached hydrogens (tertiary/aromatic N) is 1. The first kappa shape index (κ1) is 20.2. The van der Waals surface area contributed by atoms with Crippen molar-refractivity contribution in [1.82, 2.24) is 10.6 Å². The maximum atomic E-state index is 5.02. The number of guanidine groups is 1. The zero-order valence-corrected chi connectivity index (χ0v) is 15.6. The number of aryl methyl sites for hydroxylation is 1. The molecule has 1 aromatic rings. The minimum Gasteiger partial charge on any atom is -0.385 e. The van der Waals surface area contributed by atoms with Crippen LogP contribution in [-0.2, 0) is 11.2 Å². The van der Waals surface area contributed by atoms with Crippen LogP contribution in [0.1, 0.15) is 24.5 Å². The standard InChI is InChI=1S/C16H27N3O.HI/c1-4-17-16(18-10-6-12-20-3)19-11-9-15-8-5-7-14(2)13-15;/h5,7-8,13H,4,6,9-12H2,1-3H3,(H2,17,18,19);1H. The van der Waals surface area contributed by atoms with Crippen LogP contribution in [0.2, 0.25) is 0 Å². The topological polar surface area (TPSA) is 45.7 Å². The van der Waals surface area contributed by atoms with Gasteiger partial charge in [0.15, 0.2) is 5.96 Å². The van der Waals surface area contributed by atoms with Crippen LogP contribution >= 0.6 is 24.0 Å². The van der Waals surface area contributed by atoms with Crippen LogP contribution in [0.15, 0.2) is 29.3 Å². The highest BCUT2D eigenvalue weighted by Crippen LogP contribution is 2.03. The van der Waals surface area contributed by atoms with Gasteiger partial charge in [-0.2, -0.15) is 0 Å². The highest BCUT2D eigenvalue weighted by atomic mass is 127. The van der Waals surface area contributed by atoms with E-state index in [1.54, 1.807) is 7.11 Å². The lowest BCUT2D eigenvalue weighted by Gasteiger charge is -2.11. The van der Waals surface area contributed by atoms with Crippen LogP contribution in [0.5, 0.6) is 0 Å². The van der Waals surface area contributed by atoms with Gasteiger partial charge in [0.2, 0.25) is 0 Å². The van der Waals surface area contributed by atoms with Gasteiger partial charge >= 0.3 is 0 Å². The molecule has 4 nitrogen and oxygen atoms in total. The molecule has 0 bridgehead atoms. The lowest BCUT2D eigenvalue weighted by Crippen LogP contribution is -2.38. The smallest absolute Gasteiger partial charge is 0.191 e. The van der Waals surface area contributed by atoms with Gasteiger partial charge < -0.3 is 15.4 Å². The fraction of sp³-hybridized carbons (Fsp3) is 0.562. The van der Waals surface area contributed by atoms with Gasteiger partial charge in [0.05, 0.1) is 0 Å². The van der Waals surface area contributed by atoms with Gasteiger partial charge in [0, 0.05) is 33.4 Å². The summed E-state index contributed by atoms with van der Waals surface area (Å²) in [6.45, 7) is 7.51. The molecule has 1 aromatic carbocycles. The van der Waals surface area contributed by atoms with Crippen LogP contribution in [0, 0.1) is 6.92 Å². The molecule has 2 N–H and O–H groups in total. The molecule has 0 unspecified atom stereocenters. The van der Waals surface area contributed by atoms with Crippen LogP contribution in [0.4, 0.5) is 0 Å². The number of nitrogens with one attached hydrogen (secondary N) is 2. The van der Waals surface area contributed by atoms with Crippen LogP contribution in [0.25, 0.3) is 0 Å². The predicted octanol–water partition coefficient (Wildman–Crippen LogP) is 2.75. The molecule has 0 saturated heterocycles. The van der Waals surface area contributed by atoms with E-state index in [-0.39, 0.29) is 24.0 Å². The quantitative estimate of drug-likeness (QED) is 0.303. The summed E-state index contributed by atoms with van der Waals surface area (Å²) in [6.07, 6.45) is 1.95. The van der Waals surface area contributed by atoms with Crippen molar-refractivity contribution in [2.75, 3.05) is 33.4 Å². The second kappa shape index (κ2) is 12.9. The number of aliphatic imine (C=N–C) groups is 1. The van der Waals surface area contributed by atoms with Crippen molar-refractivity contribution in [2.24, 2.45) is 4.99 Å². The van der Waals surface area contributed by atoms with E-state index in [9.17, 15) is 0 Å². The Balaban J connectivity index is 0.00000400. The SMILES string of the molecule is CCNC(=NCCCOC)NCCc1cccc(C)c1.I. The number of benzene rings is 1. The third-order valence-corrected chi connectivity index (χ3v) is 2.91. The Morgan fingerprint density at radius 1 is 1.29 bits per heavy atom. The minimum absolute atomic E-state index is 0. The molecule has 0 spiro atoms. The Labute approximate surface area is 145 Å². The third-order valence-electron chi connectivity index (χ3n) is 2.91. The lowest BCUT2D eigenvalue weighted by atomic mass is 10.1. The Kier molecular flexibility index (Phi) is 12.4. The van der Waals surface area contributed by atoms with E-state index in [0.29, 0.717) is 0 Å². The van der Waals surface area contributed by atoms with Gasteiger partial charge in [-0.25, -0.2) is 0 Å². The molecular formula is C16H28IN3O. The normalized spacial score (nSPS) is 10.9. The van der Waals surface area contributed by atoms with E-state index in [4.69, 9.17) is 4.74 Å². The summed E-state index contributed by atoms with van der Waals surface area (Å²) in [5, 5.41) is 6.62. The van der Waals surface area contributed by atoms with Gasteiger partial charge in [-0.15, -0.1) is 24.0 Å². The van der Waals surface area contributed by atoms with Gasteiger partial charge in [-0.1, -0.05) is 29.8 Å². The van der Waals surface area contributed by atoms with Crippen LogP contribution in [-0.4, -0.2) is 39.3 Å². The molecule has 0 fully saturated rings. The average molecular weight is 405 g/mol. The molecule has 0 aliphatic carbocycles. The first-order valence-electron chi connectivity index (χ1n) is 7.33. The van der Waals surface area contributed by atoms with E-state index < -0.39 is 0 Å². The molecule has 0 amide bonds. The van der Waals surface area contributed by atoms with Crippen molar-refractivity contribution in [2.45, 2.75) is 26.7 Å². The zero-order valence-electron chi connectivity index (χ0n) is 13.3. The zero-order chi connectivity index (χ0) is 14.6. The monoisotopic (exact) mass is 405 g/mol. The molecule has 0 aliphatic heterocycles. The van der Waals surface area contributed by atoms with Crippen molar-refractivity contribution >= 4 is 29.9 Å². The summed E-state index contributed by atoms with van der Waals surface area (Å²) in [6, 6.07) is 8.62. The van der Waals surface area contributed by atoms with E-state index in [0.717, 1.165) is 45.0 Å². The molecule has 0 atom stereocenters. The molecule has 0 radical (unpaired) electrons. The average Bonchev–Trinajstić information content (AvgIpc) is 2.43. The van der Waals surface area contributed by atoms with Crippen molar-refractivity contribution < 1.29 is 4.74 Å². The predicted molar refractivity (Wildman–Crippen MR) is 101 cm³/mol. The second-order valence-electron chi connectivity index (χ2n) is 4.77. The molecule has 1 rings (SSSR count). The molecule has 0 aliphatic rings. The van der Waals surface area contributed by atoms with E-state index in [1.165, 1.54) is 11.1 Å². The highest BCUT2D eigenvalue weighted by molar-refractivity contribution is 14.0. The second-order valence-corrected chi connectivity index (χ2v) is 4.77. The fourth-order valence-corrected chi connectivity index (χ4v) is 1.93. The molecular weight excluding hydrogens is 377 g/mol. The maximum absolute atomic E-state index is 5.02. The Bertz CT molecular complexity index is 410. The molecule has 120 valence electrons. The van der Waals surface area contributed by atoms with Gasteiger partial charge in [0.25, 0.3) is 0 Å². The summed E-state index contributed by atoms with van der Waals surface area (Å²) >= 11 is 0. The van der Waals surface area contributed by atoms with Crippen molar-refractivity contribution in [1.29, 1.82) is 0 Å². The summed E-state index contributed by atoms with van der Waals surface area (Å²) in [5.41, 5.74) is 2.66. The maximum Gasteiger partial charge on any atom is 0.191 e. The van der Waals surface area contributed by atoms with Gasteiger partial charge in [0.1, 0.15) is 0 Å². The van der Waals surface area contributed by atoms with E-state index in [2.05, 4.69) is 53.7 Å². The number of hydrogen-bond acceptors (Lipinski definition) is 2. The molecule has 21 heavy (non-hydrogen) atoms. The van der Waals surface area contributed by atoms with Crippen LogP contribution in [0.3, 0.4) is 0 Å². The van der Waals surface area contributed by atoms with Crippen molar-refractivity contribution in [3.63, 3.8) is 0 Å². The number of halogens is 1. The number of methoxy groups -OCH3 is 1. The van der Waals surface area contributed by atoms with E-state index >= 15 is 0 Å². The summed E-state index contributed by atoms with van der Waals surface area (Å²) in [4.78, 5) is 4.51. The van der Waals surface area contributed by atoms with Crippen molar-refractivity contribution in [3.8, 4) is 0 Å². The fourth-order valence-electron chi connectivity index (χ4n) is 1.93. The number of ether oxygens (including phenoxy) is 1. The largest absolute Gasteiger partial charge is 0.385 e. The number of hydrogen-bond donors (Lipinski definition) is 2. The Hall–Kier alpha value is -0.820. The highest BCUT2D eigenvalue weighted by Gasteiger charge is 1.98. The van der Waals surface area contributed by atoms with Crippen molar-refractivity contribution in [3.05, 3.63) is 35.4 Å². The third kappa shape index (κ3) is 9.68. The lowest BCUT2D eigenvalue weighted by molar-refractivity contribution is 0.197. The van der Waals surface area contributed by atoms with Gasteiger partial charge in [-0.05, 0) is 32.3 Å². The van der Waals surface area contributed by atoms with E-state index in [1.807, 2.05) is 0 Å². The Morgan fingerprint density at radius 3 is 2.76 bits per heavy atom. The minimum atomic E-state index is 0. The Morgan fingerprint density at radius 2 is 2.10 bits per heavy atom. The van der Waals surface area contributed by atoms with Crippen LogP contribution < -0.4 is 10.6 Å². The van der Waals surface area contributed by atoms with Gasteiger partial charge in [-0.3, -0.25) is 4.99 Å². The molecule has 5 heteroatoms. The summed E-state index contributed by atoms with van der Waals surface area (Å²) < 4.78 is 5.02.